The highest BCUT2D eigenvalue weighted by Crippen LogP contribution is 1.97. The van der Waals surface area contributed by atoms with Crippen LogP contribution >= 0.6 is 0 Å². The summed E-state index contributed by atoms with van der Waals surface area (Å²) >= 11 is 0. The summed E-state index contributed by atoms with van der Waals surface area (Å²) in [5.74, 6) is -1.53. The minimum atomic E-state index is -1.03. The third kappa shape index (κ3) is 4.52. The van der Waals surface area contributed by atoms with E-state index in [-0.39, 0.29) is 12.3 Å². The number of ether oxygens (including phenoxy) is 2. The zero-order chi connectivity index (χ0) is 12.6. The Labute approximate surface area is 93.5 Å². The summed E-state index contributed by atoms with van der Waals surface area (Å²) in [5.41, 5.74) is 8.22. The van der Waals surface area contributed by atoms with Crippen molar-refractivity contribution in [2.75, 3.05) is 6.61 Å². The van der Waals surface area contributed by atoms with Gasteiger partial charge < -0.3 is 15.0 Å². The number of carbonyl (C=O) groups is 2. The number of esters is 2. The molecule has 0 radical (unpaired) electrons. The minimum absolute atomic E-state index is 0.205. The van der Waals surface area contributed by atoms with Crippen LogP contribution in [0.5, 0.6) is 0 Å². The molecule has 0 spiro atoms. The Morgan fingerprint density at radius 2 is 2.12 bits per heavy atom. The Bertz CT molecular complexity index is 343. The van der Waals surface area contributed by atoms with Crippen LogP contribution < -0.4 is 0 Å². The lowest BCUT2D eigenvalue weighted by molar-refractivity contribution is -0.164. The van der Waals surface area contributed by atoms with E-state index in [4.69, 9.17) is 10.3 Å². The molecule has 0 aliphatic heterocycles. The van der Waals surface area contributed by atoms with Gasteiger partial charge in [0, 0.05) is 6.08 Å². The molecule has 0 N–H and O–H groups in total. The van der Waals surface area contributed by atoms with Crippen LogP contribution in [-0.4, -0.2) is 35.2 Å². The molecule has 0 fully saturated rings. The summed E-state index contributed by atoms with van der Waals surface area (Å²) in [6.07, 6.45) is 1.74. The Morgan fingerprint density at radius 3 is 2.56 bits per heavy atom. The van der Waals surface area contributed by atoms with Gasteiger partial charge in [-0.05, 0) is 20.8 Å². The largest absolute Gasteiger partial charge is 0.463 e. The van der Waals surface area contributed by atoms with Crippen LogP contribution in [0.25, 0.3) is 5.53 Å². The van der Waals surface area contributed by atoms with Gasteiger partial charge in [0.1, 0.15) is 0 Å². The average molecular weight is 226 g/mol. The van der Waals surface area contributed by atoms with Gasteiger partial charge in [-0.15, -0.1) is 0 Å². The van der Waals surface area contributed by atoms with E-state index in [9.17, 15) is 9.59 Å². The second-order valence-electron chi connectivity index (χ2n) is 2.78. The molecule has 0 saturated carbocycles. The first kappa shape index (κ1) is 14.1. The number of rotatable bonds is 5. The Hall–Kier alpha value is -1.94. The molecule has 0 aliphatic carbocycles. The number of hydrogen-bond acceptors (Lipinski definition) is 4. The Balaban J connectivity index is 4.45. The van der Waals surface area contributed by atoms with Crippen molar-refractivity contribution < 1.29 is 23.9 Å². The molecular weight excluding hydrogens is 212 g/mol. The van der Waals surface area contributed by atoms with Crippen LogP contribution in [0.2, 0.25) is 0 Å². The van der Waals surface area contributed by atoms with Gasteiger partial charge in [0.2, 0.25) is 0 Å². The summed E-state index contributed by atoms with van der Waals surface area (Å²) in [6.45, 7) is 4.87. The summed E-state index contributed by atoms with van der Waals surface area (Å²) < 4.78 is 9.36. The highest BCUT2D eigenvalue weighted by atomic mass is 16.6. The molecule has 0 aromatic rings. The molecule has 88 valence electrons. The molecule has 0 unspecified atom stereocenters. The van der Waals surface area contributed by atoms with Crippen LogP contribution in [0.4, 0.5) is 0 Å². The van der Waals surface area contributed by atoms with Gasteiger partial charge in [0.05, 0.1) is 6.61 Å². The molecule has 0 aliphatic rings. The lowest BCUT2D eigenvalue weighted by Crippen LogP contribution is -2.29. The van der Waals surface area contributed by atoms with Gasteiger partial charge >= 0.3 is 17.7 Å². The van der Waals surface area contributed by atoms with E-state index < -0.39 is 18.0 Å². The summed E-state index contributed by atoms with van der Waals surface area (Å²) in [7, 11) is 0. The Morgan fingerprint density at radius 1 is 1.50 bits per heavy atom. The molecule has 1 atom stereocenters. The predicted octanol–water partition coefficient (Wildman–Crippen LogP) is 0.728. The number of hydrogen-bond donors (Lipinski definition) is 0. The number of carbonyl (C=O) groups excluding carboxylic acids is 2. The van der Waals surface area contributed by atoms with Gasteiger partial charge in [0.25, 0.3) is 0 Å². The monoisotopic (exact) mass is 226 g/mol. The smallest absolute Gasteiger partial charge is 0.422 e. The van der Waals surface area contributed by atoms with E-state index in [2.05, 4.69) is 9.53 Å². The maximum atomic E-state index is 11.3. The van der Waals surface area contributed by atoms with E-state index in [1.807, 2.05) is 0 Å². The fraction of sp³-hybridized carbons (Fsp3) is 0.500. The van der Waals surface area contributed by atoms with Crippen molar-refractivity contribution in [3.8, 4) is 0 Å². The number of allylic oxidation sites excluding steroid dienone is 1. The van der Waals surface area contributed by atoms with Crippen molar-refractivity contribution in [2.45, 2.75) is 26.9 Å². The Kier molecular flexibility index (Phi) is 6.47. The van der Waals surface area contributed by atoms with Crippen LogP contribution in [0.15, 0.2) is 12.2 Å². The molecule has 0 aromatic carbocycles. The van der Waals surface area contributed by atoms with E-state index >= 15 is 0 Å². The quantitative estimate of drug-likeness (QED) is 0.299. The standard InChI is InChI=1S/C10H14N2O4/c1-4-6-8(12-11)10(14)16-7(3)9(13)15-5-2/h4,6-7H,5H2,1-3H3/b6-4+/t7-/m0/s1. The van der Waals surface area contributed by atoms with Crippen molar-refractivity contribution in [1.82, 2.24) is 0 Å². The molecule has 0 amide bonds. The third-order valence-electron chi connectivity index (χ3n) is 1.54. The molecule has 0 bridgehead atoms. The maximum absolute atomic E-state index is 11.3. The van der Waals surface area contributed by atoms with Crippen LogP contribution in [0, 0.1) is 0 Å². The predicted molar refractivity (Wildman–Crippen MR) is 55.6 cm³/mol. The van der Waals surface area contributed by atoms with Crippen molar-refractivity contribution in [2.24, 2.45) is 0 Å². The van der Waals surface area contributed by atoms with Gasteiger partial charge in [-0.2, -0.15) is 4.79 Å². The van der Waals surface area contributed by atoms with Crippen molar-refractivity contribution >= 4 is 17.7 Å². The van der Waals surface area contributed by atoms with Crippen LogP contribution in [0.1, 0.15) is 20.8 Å². The second kappa shape index (κ2) is 7.36. The zero-order valence-electron chi connectivity index (χ0n) is 9.47. The zero-order valence-corrected chi connectivity index (χ0v) is 9.47. The minimum Gasteiger partial charge on any atom is -0.463 e. The van der Waals surface area contributed by atoms with Crippen molar-refractivity contribution in [3.05, 3.63) is 17.7 Å². The average Bonchev–Trinajstić information content (AvgIpc) is 2.25. The number of nitrogens with zero attached hydrogens (tertiary/aromatic N) is 2. The first-order valence-electron chi connectivity index (χ1n) is 4.79. The molecule has 0 rings (SSSR count). The molecule has 0 aromatic heterocycles. The highest BCUT2D eigenvalue weighted by Gasteiger charge is 2.25. The van der Waals surface area contributed by atoms with Crippen molar-refractivity contribution in [3.63, 3.8) is 0 Å². The van der Waals surface area contributed by atoms with Crippen LogP contribution in [-0.2, 0) is 19.1 Å². The molecule has 16 heavy (non-hydrogen) atoms. The van der Waals surface area contributed by atoms with Gasteiger partial charge in [-0.3, -0.25) is 0 Å². The molecule has 0 heterocycles. The first-order valence-corrected chi connectivity index (χ1v) is 4.79. The SMILES string of the molecule is C/C=C/C(=[N+]=[N-])C(=O)O[C@@H](C)C(=O)OCC. The molecule has 6 nitrogen and oxygen atoms in total. The first-order chi connectivity index (χ1) is 7.56. The van der Waals surface area contributed by atoms with E-state index in [1.165, 1.54) is 19.1 Å². The van der Waals surface area contributed by atoms with E-state index in [0.29, 0.717) is 0 Å². The third-order valence-corrected chi connectivity index (χ3v) is 1.54. The summed E-state index contributed by atoms with van der Waals surface area (Å²) in [4.78, 5) is 25.2. The van der Waals surface area contributed by atoms with Gasteiger partial charge in [-0.25, -0.2) is 9.59 Å². The van der Waals surface area contributed by atoms with E-state index in [0.717, 1.165) is 0 Å². The molecule has 0 saturated heterocycles. The second-order valence-corrected chi connectivity index (χ2v) is 2.78. The highest BCUT2D eigenvalue weighted by molar-refractivity contribution is 6.38. The van der Waals surface area contributed by atoms with E-state index in [1.54, 1.807) is 13.8 Å². The topological polar surface area (TPSA) is 89.0 Å². The van der Waals surface area contributed by atoms with Gasteiger partial charge in [-0.1, -0.05) is 6.08 Å². The van der Waals surface area contributed by atoms with Gasteiger partial charge in [0.15, 0.2) is 6.10 Å². The fourth-order valence-corrected chi connectivity index (χ4v) is 0.829. The fourth-order valence-electron chi connectivity index (χ4n) is 0.829. The summed E-state index contributed by atoms with van der Waals surface area (Å²) in [5, 5.41) is 0. The van der Waals surface area contributed by atoms with Crippen LogP contribution in [0.3, 0.4) is 0 Å². The molecular formula is C10H14N2O4. The molecule has 6 heteroatoms. The van der Waals surface area contributed by atoms with Crippen molar-refractivity contribution in [1.29, 1.82) is 0 Å². The normalized spacial score (nSPS) is 11.7. The maximum Gasteiger partial charge on any atom is 0.422 e. The lowest BCUT2D eigenvalue weighted by atomic mass is 10.3. The summed E-state index contributed by atoms with van der Waals surface area (Å²) in [6, 6.07) is 0. The lowest BCUT2D eigenvalue weighted by Gasteiger charge is -2.09.